The first-order chi connectivity index (χ1) is 33.7. The number of allylic oxidation sites excluding steroid dienone is 1. The second-order valence-electron chi connectivity index (χ2n) is 16.5. The summed E-state index contributed by atoms with van der Waals surface area (Å²) < 4.78 is 10.9. The Bertz CT molecular complexity index is 3270. The van der Waals surface area contributed by atoms with Crippen LogP contribution in [0.5, 0.6) is 0 Å². The molecule has 0 aliphatic carbocycles. The molecule has 7 rings (SSSR count). The van der Waals surface area contributed by atoms with E-state index in [1.807, 2.05) is 0 Å². The van der Waals surface area contributed by atoms with E-state index in [-0.39, 0.29) is 71.4 Å². The fraction of sp³-hybridized carbons (Fsp3) is 0.239. The Labute approximate surface area is 404 Å². The molecule has 7 N–H and O–H groups in total. The van der Waals surface area contributed by atoms with Gasteiger partial charge >= 0.3 is 0 Å². The van der Waals surface area contributed by atoms with E-state index in [0.29, 0.717) is 34.3 Å². The van der Waals surface area contributed by atoms with Crippen LogP contribution < -0.4 is 37.2 Å². The zero-order valence-corrected chi connectivity index (χ0v) is 39.9. The van der Waals surface area contributed by atoms with Crippen molar-refractivity contribution in [3.63, 3.8) is 0 Å². The standard InChI is InChI=1S/C46H51N17O8/c1-26(64)49-36-24-62(7)40(55-36)45(70)52-30-19-34(61(6)23-30)44(69)51-28-17-32(59(4)21-28)42(67)48-13-9-10-38(66)54-37-25-63(8)41(56-37)46(71)53-29-18-33(60(5)22-29)43(68)50-27-16-31(58(3)20-27)11-12-35(65)39-47-14-15-57(39)2/h11-12,14-25H,9-10,13H2,1-8H3,(H,48,67)(H,49,64)(H,50,68)(H,51,69)(H,52,70)(H,53,71)(H,54,66)/b12-11+. The smallest absolute Gasteiger partial charge is 0.291 e. The maximum absolute atomic E-state index is 13.3. The molecule has 25 heteroatoms. The normalized spacial score (nSPS) is 11.1. The lowest BCUT2D eigenvalue weighted by atomic mass is 10.3. The molecule has 7 aromatic rings. The SMILES string of the molecule is CC(=O)Nc1cn(C)c(C(=O)Nc2cc(C(=O)Nc3cc(C(=O)NCCCC(=O)Nc4cn(C)c(C(=O)Nc5cc(C(=O)Nc6cc(/C=C/C(=O)c7nccn7C)n(C)c6)n(C)c5)n4)n(C)c3)n(C)c2)n1. The van der Waals surface area contributed by atoms with Crippen molar-refractivity contribution in [2.24, 2.45) is 49.3 Å². The fourth-order valence-electron chi connectivity index (χ4n) is 7.40. The summed E-state index contributed by atoms with van der Waals surface area (Å²) in [5, 5.41) is 19.0. The first-order valence-corrected chi connectivity index (χ1v) is 21.8. The Morgan fingerprint density at radius 1 is 0.507 bits per heavy atom. The van der Waals surface area contributed by atoms with Gasteiger partial charge in [-0.15, -0.1) is 0 Å². The quantitative estimate of drug-likeness (QED) is 0.0372. The van der Waals surface area contributed by atoms with Crippen molar-refractivity contribution in [1.82, 2.24) is 52.2 Å². The first-order valence-electron chi connectivity index (χ1n) is 21.8. The van der Waals surface area contributed by atoms with E-state index in [1.165, 1.54) is 61.9 Å². The molecule has 0 atom stereocenters. The summed E-state index contributed by atoms with van der Waals surface area (Å²) in [6, 6.07) is 6.20. The third-order valence-corrected chi connectivity index (χ3v) is 10.8. The van der Waals surface area contributed by atoms with Gasteiger partial charge in [0.25, 0.3) is 29.5 Å². The van der Waals surface area contributed by atoms with Crippen molar-refractivity contribution in [2.45, 2.75) is 19.8 Å². The Hall–Kier alpha value is -9.55. The predicted octanol–water partition coefficient (Wildman–Crippen LogP) is 3.25. The zero-order chi connectivity index (χ0) is 51.3. The first kappa shape index (κ1) is 49.4. The molecule has 368 valence electrons. The molecule has 0 aliphatic rings. The molecule has 0 radical (unpaired) electrons. The van der Waals surface area contributed by atoms with Crippen LogP contribution in [0.25, 0.3) is 6.08 Å². The van der Waals surface area contributed by atoms with Crippen LogP contribution in [0.15, 0.2) is 79.9 Å². The van der Waals surface area contributed by atoms with Gasteiger partial charge in [0.15, 0.2) is 17.5 Å². The number of anilines is 6. The molecule has 0 bridgehead atoms. The van der Waals surface area contributed by atoms with E-state index in [9.17, 15) is 38.4 Å². The van der Waals surface area contributed by atoms with Crippen molar-refractivity contribution >= 4 is 87.6 Å². The van der Waals surface area contributed by atoms with E-state index >= 15 is 0 Å². The largest absolute Gasteiger partial charge is 0.351 e. The van der Waals surface area contributed by atoms with Crippen molar-refractivity contribution in [3.8, 4) is 0 Å². The van der Waals surface area contributed by atoms with Crippen molar-refractivity contribution in [1.29, 1.82) is 0 Å². The fourth-order valence-corrected chi connectivity index (χ4v) is 7.40. The number of nitrogens with one attached hydrogen (secondary N) is 7. The van der Waals surface area contributed by atoms with Gasteiger partial charge in [0.2, 0.25) is 29.2 Å². The number of ketones is 1. The van der Waals surface area contributed by atoms with Crippen LogP contribution in [0.1, 0.15) is 88.8 Å². The summed E-state index contributed by atoms with van der Waals surface area (Å²) in [6.45, 7) is 1.48. The Morgan fingerprint density at radius 3 is 1.46 bits per heavy atom. The average molecular weight is 970 g/mol. The van der Waals surface area contributed by atoms with Gasteiger partial charge in [-0.2, -0.15) is 0 Å². The average Bonchev–Trinajstić information content (AvgIpc) is 4.18. The van der Waals surface area contributed by atoms with Crippen molar-refractivity contribution < 1.29 is 38.4 Å². The monoisotopic (exact) mass is 969 g/mol. The topological polar surface area (TPSA) is 294 Å². The lowest BCUT2D eigenvalue weighted by Gasteiger charge is -2.06. The molecule has 0 aliphatic heterocycles. The van der Waals surface area contributed by atoms with E-state index in [4.69, 9.17) is 0 Å². The van der Waals surface area contributed by atoms with Gasteiger partial charge in [0.1, 0.15) is 17.1 Å². The molecule has 7 amide bonds. The molecule has 7 heterocycles. The lowest BCUT2D eigenvalue weighted by molar-refractivity contribution is -0.116. The number of carbonyl (C=O) groups is 8. The van der Waals surface area contributed by atoms with Gasteiger partial charge in [-0.3, -0.25) is 38.4 Å². The maximum atomic E-state index is 13.3. The third kappa shape index (κ3) is 11.8. The summed E-state index contributed by atoms with van der Waals surface area (Å²) in [6.07, 6.45) is 15.9. The van der Waals surface area contributed by atoms with Crippen molar-refractivity contribution in [2.75, 3.05) is 38.4 Å². The van der Waals surface area contributed by atoms with Crippen LogP contribution >= 0.6 is 0 Å². The van der Waals surface area contributed by atoms with Crippen LogP contribution in [0.4, 0.5) is 34.4 Å². The number of hydrogen-bond acceptors (Lipinski definition) is 11. The molecule has 0 saturated carbocycles. The van der Waals surface area contributed by atoms with Crippen LogP contribution in [0, 0.1) is 0 Å². The van der Waals surface area contributed by atoms with Gasteiger partial charge in [-0.05, 0) is 42.8 Å². The summed E-state index contributed by atoms with van der Waals surface area (Å²) in [4.78, 5) is 115. The second-order valence-corrected chi connectivity index (χ2v) is 16.5. The zero-order valence-electron chi connectivity index (χ0n) is 39.9. The second kappa shape index (κ2) is 20.8. The van der Waals surface area contributed by atoms with Crippen LogP contribution in [0.2, 0.25) is 0 Å². The minimum Gasteiger partial charge on any atom is -0.351 e. The number of nitrogens with zero attached hydrogens (tertiary/aromatic N) is 10. The van der Waals surface area contributed by atoms with Gasteiger partial charge in [-0.1, -0.05) is 0 Å². The molecule has 25 nitrogen and oxygen atoms in total. The lowest BCUT2D eigenvalue weighted by Crippen LogP contribution is -2.27. The Kier molecular flexibility index (Phi) is 14.4. The van der Waals surface area contributed by atoms with E-state index < -0.39 is 35.4 Å². The van der Waals surface area contributed by atoms with E-state index in [1.54, 1.807) is 112 Å². The number of amides is 7. The molecular weight excluding hydrogens is 919 g/mol. The van der Waals surface area contributed by atoms with Crippen LogP contribution in [0.3, 0.4) is 0 Å². The van der Waals surface area contributed by atoms with Gasteiger partial charge in [-0.25, -0.2) is 15.0 Å². The van der Waals surface area contributed by atoms with Crippen molar-refractivity contribution in [3.05, 3.63) is 120 Å². The van der Waals surface area contributed by atoms with Gasteiger partial charge in [0.05, 0.1) is 22.7 Å². The minimum absolute atomic E-state index is 0.00896. The summed E-state index contributed by atoms with van der Waals surface area (Å²) >= 11 is 0. The third-order valence-electron chi connectivity index (χ3n) is 10.8. The highest BCUT2D eigenvalue weighted by atomic mass is 16.2. The number of carbonyl (C=O) groups excluding carboxylic acids is 8. The maximum Gasteiger partial charge on any atom is 0.291 e. The number of aryl methyl sites for hydroxylation is 7. The van der Waals surface area contributed by atoms with E-state index in [0.717, 1.165) is 0 Å². The summed E-state index contributed by atoms with van der Waals surface area (Å²) in [7, 11) is 11.6. The number of rotatable bonds is 18. The van der Waals surface area contributed by atoms with Gasteiger partial charge in [0, 0.05) is 124 Å². The molecule has 71 heavy (non-hydrogen) atoms. The molecule has 0 fully saturated rings. The highest BCUT2D eigenvalue weighted by Gasteiger charge is 2.22. The Morgan fingerprint density at radius 2 is 0.972 bits per heavy atom. The summed E-state index contributed by atoms with van der Waals surface area (Å²) in [5.41, 5.74) is 2.86. The molecule has 0 aromatic carbocycles. The number of aromatic nitrogens is 10. The highest BCUT2D eigenvalue weighted by Crippen LogP contribution is 2.21. The summed E-state index contributed by atoms with van der Waals surface area (Å²) in [5.74, 6) is -2.85. The number of imidazole rings is 3. The molecular formula is C46H51N17O8. The molecule has 0 unspecified atom stereocenters. The molecule has 7 aromatic heterocycles. The van der Waals surface area contributed by atoms with Gasteiger partial charge < -0.3 is 69.2 Å². The molecule has 0 spiro atoms. The predicted molar refractivity (Wildman–Crippen MR) is 261 cm³/mol. The minimum atomic E-state index is -0.589. The highest BCUT2D eigenvalue weighted by molar-refractivity contribution is 6.08. The number of hydrogen-bond donors (Lipinski definition) is 7. The van der Waals surface area contributed by atoms with Crippen LogP contribution in [-0.4, -0.2) is 101 Å². The molecule has 0 saturated heterocycles. The van der Waals surface area contributed by atoms with E-state index in [2.05, 4.69) is 52.2 Å². The van der Waals surface area contributed by atoms with Crippen LogP contribution in [-0.2, 0) is 58.9 Å². The Balaban J connectivity index is 0.845.